The largest absolute Gasteiger partial charge is 0.485 e. The number of hydrogen-bond donors (Lipinski definition) is 1. The Morgan fingerprint density at radius 2 is 1.93 bits per heavy atom. The van der Waals surface area contributed by atoms with Crippen LogP contribution in [-0.2, 0) is 6.61 Å². The van der Waals surface area contributed by atoms with Crippen LogP contribution in [-0.4, -0.2) is 26.1 Å². The van der Waals surface area contributed by atoms with Gasteiger partial charge in [0.05, 0.1) is 11.3 Å². The second kappa shape index (κ2) is 7.26. The second-order valence-corrected chi connectivity index (χ2v) is 6.04. The molecule has 1 N–H and O–H groups in total. The van der Waals surface area contributed by atoms with E-state index in [0.29, 0.717) is 41.2 Å². The minimum atomic E-state index is -0.658. The van der Waals surface area contributed by atoms with Crippen LogP contribution in [0.2, 0.25) is 0 Å². The van der Waals surface area contributed by atoms with Crippen molar-refractivity contribution in [2.45, 2.75) is 20.5 Å². The van der Waals surface area contributed by atoms with Crippen molar-refractivity contribution in [1.29, 1.82) is 0 Å². The van der Waals surface area contributed by atoms with Crippen LogP contribution in [0.4, 0.5) is 14.8 Å². The molecule has 0 atom stereocenters. The van der Waals surface area contributed by atoms with Crippen molar-refractivity contribution in [2.75, 3.05) is 11.9 Å². The molecule has 0 saturated carbocycles. The molecule has 0 bridgehead atoms. The molecule has 4 aromatic rings. The number of aryl methyl sites for hydroxylation is 1. The van der Waals surface area contributed by atoms with E-state index >= 15 is 0 Å². The van der Waals surface area contributed by atoms with Crippen molar-refractivity contribution < 1.29 is 17.9 Å². The summed E-state index contributed by atoms with van der Waals surface area (Å²) in [4.78, 5) is 4.50. The number of halogens is 2. The topological polar surface area (TPSA) is 77.5 Å². The number of nitrogens with one attached hydrogen (secondary N) is 1. The van der Waals surface area contributed by atoms with Gasteiger partial charge in [-0.05, 0) is 38.1 Å². The molecule has 1 aromatic carbocycles. The third-order valence-electron chi connectivity index (χ3n) is 4.18. The van der Waals surface area contributed by atoms with Crippen molar-refractivity contribution in [1.82, 2.24) is 19.6 Å². The molecule has 3 aromatic heterocycles. The molecular formula is C19H17F2N5O2. The molecule has 9 heteroatoms. The van der Waals surface area contributed by atoms with Crippen molar-refractivity contribution in [3.8, 4) is 17.3 Å². The molecule has 0 aliphatic heterocycles. The molecule has 7 nitrogen and oxygen atoms in total. The van der Waals surface area contributed by atoms with Crippen LogP contribution in [0.5, 0.6) is 5.75 Å². The average Bonchev–Trinajstić information content (AvgIpc) is 3.25. The third-order valence-corrected chi connectivity index (χ3v) is 4.18. The lowest BCUT2D eigenvalue weighted by atomic mass is 10.2. The summed E-state index contributed by atoms with van der Waals surface area (Å²) in [6.07, 6.45) is 1.78. The van der Waals surface area contributed by atoms with Crippen molar-refractivity contribution in [2.24, 2.45) is 0 Å². The molecule has 144 valence electrons. The Kier molecular flexibility index (Phi) is 4.64. The van der Waals surface area contributed by atoms with E-state index in [-0.39, 0.29) is 12.2 Å². The third kappa shape index (κ3) is 3.15. The SMILES string of the molecule is CCNc1nnc(-c2c(C)nc3c(OCc4c(F)cccc4F)cccn23)o1. The summed E-state index contributed by atoms with van der Waals surface area (Å²) in [5.74, 6) is -0.632. The zero-order chi connectivity index (χ0) is 19.7. The molecule has 3 heterocycles. The van der Waals surface area contributed by atoms with Crippen molar-refractivity contribution in [3.63, 3.8) is 0 Å². The predicted octanol–water partition coefficient (Wildman–Crippen LogP) is 3.98. The van der Waals surface area contributed by atoms with Gasteiger partial charge in [-0.25, -0.2) is 13.8 Å². The number of hydrogen-bond acceptors (Lipinski definition) is 6. The van der Waals surface area contributed by atoms with Crippen LogP contribution in [0.3, 0.4) is 0 Å². The Bertz CT molecular complexity index is 1120. The van der Waals surface area contributed by atoms with Gasteiger partial charge in [0.25, 0.3) is 5.89 Å². The number of fused-ring (bicyclic) bond motifs is 1. The zero-order valence-electron chi connectivity index (χ0n) is 15.2. The van der Waals surface area contributed by atoms with Crippen molar-refractivity contribution in [3.05, 3.63) is 59.4 Å². The molecule has 0 saturated heterocycles. The van der Waals surface area contributed by atoms with Gasteiger partial charge in [0, 0.05) is 12.7 Å². The Hall–Kier alpha value is -3.49. The Balaban J connectivity index is 1.69. The van der Waals surface area contributed by atoms with E-state index in [1.165, 1.54) is 18.2 Å². The number of imidazole rings is 1. The maximum absolute atomic E-state index is 13.8. The molecule has 0 unspecified atom stereocenters. The van der Waals surface area contributed by atoms with Gasteiger partial charge < -0.3 is 14.5 Å². The van der Waals surface area contributed by atoms with Gasteiger partial charge in [0.1, 0.15) is 23.9 Å². The zero-order valence-corrected chi connectivity index (χ0v) is 15.2. The molecule has 0 amide bonds. The number of nitrogens with zero attached hydrogens (tertiary/aromatic N) is 4. The summed E-state index contributed by atoms with van der Waals surface area (Å²) in [6.45, 7) is 4.12. The first-order valence-corrected chi connectivity index (χ1v) is 8.69. The van der Waals surface area contributed by atoms with Gasteiger partial charge in [-0.2, -0.15) is 0 Å². The first-order chi connectivity index (χ1) is 13.6. The van der Waals surface area contributed by atoms with E-state index in [1.807, 2.05) is 6.92 Å². The van der Waals surface area contributed by atoms with E-state index in [1.54, 1.807) is 29.7 Å². The van der Waals surface area contributed by atoms with Crippen LogP contribution in [0, 0.1) is 18.6 Å². The predicted molar refractivity (Wildman–Crippen MR) is 98.1 cm³/mol. The van der Waals surface area contributed by atoms with Gasteiger partial charge in [0.15, 0.2) is 11.4 Å². The normalized spacial score (nSPS) is 11.1. The highest BCUT2D eigenvalue weighted by Crippen LogP contribution is 2.29. The minimum absolute atomic E-state index is 0.139. The van der Waals surface area contributed by atoms with Gasteiger partial charge in [-0.3, -0.25) is 4.40 Å². The fourth-order valence-corrected chi connectivity index (χ4v) is 2.89. The molecule has 0 spiro atoms. The van der Waals surface area contributed by atoms with Gasteiger partial charge >= 0.3 is 6.01 Å². The molecule has 4 rings (SSSR count). The second-order valence-electron chi connectivity index (χ2n) is 6.04. The van der Waals surface area contributed by atoms with E-state index in [0.717, 1.165) is 0 Å². The van der Waals surface area contributed by atoms with Crippen LogP contribution in [0.15, 0.2) is 40.9 Å². The number of benzene rings is 1. The monoisotopic (exact) mass is 385 g/mol. The lowest BCUT2D eigenvalue weighted by molar-refractivity contribution is 0.294. The van der Waals surface area contributed by atoms with Gasteiger partial charge in [-0.1, -0.05) is 11.2 Å². The number of aromatic nitrogens is 4. The summed E-state index contributed by atoms with van der Waals surface area (Å²) >= 11 is 0. The average molecular weight is 385 g/mol. The van der Waals surface area contributed by atoms with Crippen molar-refractivity contribution >= 4 is 11.7 Å². The van der Waals surface area contributed by atoms with E-state index in [9.17, 15) is 8.78 Å². The van der Waals surface area contributed by atoms with E-state index in [4.69, 9.17) is 9.15 Å². The van der Waals surface area contributed by atoms with E-state index < -0.39 is 11.6 Å². The summed E-state index contributed by atoms with van der Waals surface area (Å²) in [5.41, 5.74) is 1.61. The first kappa shape index (κ1) is 17.9. The Labute approximate surface area is 159 Å². The van der Waals surface area contributed by atoms with E-state index in [2.05, 4.69) is 20.5 Å². The lowest BCUT2D eigenvalue weighted by Crippen LogP contribution is -2.03. The maximum atomic E-state index is 13.8. The Morgan fingerprint density at radius 1 is 1.14 bits per heavy atom. The minimum Gasteiger partial charge on any atom is -0.485 e. The molecule has 0 radical (unpaired) electrons. The van der Waals surface area contributed by atoms with Crippen LogP contribution >= 0.6 is 0 Å². The highest BCUT2D eigenvalue weighted by molar-refractivity contribution is 5.65. The number of anilines is 1. The highest BCUT2D eigenvalue weighted by Gasteiger charge is 2.20. The standard InChI is InChI=1S/C19H17F2N5O2/c1-3-22-19-25-24-18(28-19)16-11(2)23-17-15(8-5-9-26(16)17)27-10-12-13(20)6-4-7-14(12)21/h4-9H,3,10H2,1-2H3,(H,22,25). The lowest BCUT2D eigenvalue weighted by Gasteiger charge is -2.09. The van der Waals surface area contributed by atoms with Crippen LogP contribution in [0.25, 0.3) is 17.2 Å². The summed E-state index contributed by atoms with van der Waals surface area (Å²) in [6, 6.07) is 7.43. The number of pyridine rings is 1. The smallest absolute Gasteiger partial charge is 0.315 e. The fourth-order valence-electron chi connectivity index (χ4n) is 2.89. The van der Waals surface area contributed by atoms with Gasteiger partial charge in [0.2, 0.25) is 0 Å². The van der Waals surface area contributed by atoms with Gasteiger partial charge in [-0.15, -0.1) is 5.10 Å². The summed E-state index contributed by atoms with van der Waals surface area (Å²) < 4.78 is 40.7. The maximum Gasteiger partial charge on any atom is 0.315 e. The molecular weight excluding hydrogens is 368 g/mol. The number of rotatable bonds is 6. The summed E-state index contributed by atoms with van der Waals surface area (Å²) in [7, 11) is 0. The Morgan fingerprint density at radius 3 is 2.68 bits per heavy atom. The molecule has 0 fully saturated rings. The first-order valence-electron chi connectivity index (χ1n) is 8.69. The van der Waals surface area contributed by atoms with Crippen LogP contribution in [0.1, 0.15) is 18.2 Å². The summed E-state index contributed by atoms with van der Waals surface area (Å²) in [5, 5.41) is 11.0. The van der Waals surface area contributed by atoms with Crippen LogP contribution < -0.4 is 10.1 Å². The molecule has 0 aliphatic carbocycles. The number of ether oxygens (including phenoxy) is 1. The molecule has 0 aliphatic rings. The quantitative estimate of drug-likeness (QED) is 0.541. The highest BCUT2D eigenvalue weighted by atomic mass is 19.1. The molecule has 28 heavy (non-hydrogen) atoms. The fraction of sp³-hybridized carbons (Fsp3) is 0.211.